The highest BCUT2D eigenvalue weighted by atomic mass is 16.5. The summed E-state index contributed by atoms with van der Waals surface area (Å²) in [6.07, 6.45) is 3.66. The first kappa shape index (κ1) is 17.7. The van der Waals surface area contributed by atoms with E-state index in [4.69, 9.17) is 9.72 Å². The largest absolute Gasteiger partial charge is 0.497 e. The van der Waals surface area contributed by atoms with Gasteiger partial charge in [0, 0.05) is 31.2 Å². The Labute approximate surface area is 163 Å². The Morgan fingerprint density at radius 3 is 2.54 bits per heavy atom. The van der Waals surface area contributed by atoms with E-state index in [1.54, 1.807) is 37.0 Å². The number of rotatable bonds is 4. The second-order valence-electron chi connectivity index (χ2n) is 6.64. The lowest BCUT2D eigenvalue weighted by molar-refractivity contribution is 0.0829. The minimum absolute atomic E-state index is 0.0533. The standard InChI is InChI=1S/C22H20N4O2/c1-25(2)22(27)19-12-21(24-20-7-5-4-6-18(19)20)15-13-23-26(14-15)16-8-10-17(28-3)11-9-16/h4-14H,1-3H3. The van der Waals surface area contributed by atoms with Crippen molar-refractivity contribution >= 4 is 16.8 Å². The summed E-state index contributed by atoms with van der Waals surface area (Å²) < 4.78 is 6.98. The lowest BCUT2D eigenvalue weighted by Gasteiger charge is -2.13. The predicted molar refractivity (Wildman–Crippen MR) is 109 cm³/mol. The second kappa shape index (κ2) is 7.15. The molecule has 28 heavy (non-hydrogen) atoms. The first-order valence-corrected chi connectivity index (χ1v) is 8.88. The first-order chi connectivity index (χ1) is 13.6. The van der Waals surface area contributed by atoms with Crippen molar-refractivity contribution in [3.63, 3.8) is 0 Å². The summed E-state index contributed by atoms with van der Waals surface area (Å²) in [5.74, 6) is 0.738. The molecule has 1 amide bonds. The van der Waals surface area contributed by atoms with Crippen LogP contribution in [0.5, 0.6) is 5.75 Å². The molecule has 0 N–H and O–H groups in total. The van der Waals surface area contributed by atoms with E-state index < -0.39 is 0 Å². The average Bonchev–Trinajstić information content (AvgIpc) is 3.22. The van der Waals surface area contributed by atoms with Crippen molar-refractivity contribution in [1.29, 1.82) is 0 Å². The summed E-state index contributed by atoms with van der Waals surface area (Å²) in [6.45, 7) is 0. The van der Waals surface area contributed by atoms with Gasteiger partial charge in [0.15, 0.2) is 0 Å². The molecule has 4 aromatic rings. The van der Waals surface area contributed by atoms with Gasteiger partial charge in [-0.25, -0.2) is 9.67 Å². The molecule has 0 atom stereocenters. The number of hydrogen-bond donors (Lipinski definition) is 0. The molecule has 2 aromatic heterocycles. The van der Waals surface area contributed by atoms with E-state index in [2.05, 4.69) is 5.10 Å². The maximum absolute atomic E-state index is 12.7. The SMILES string of the molecule is COc1ccc(-n2cc(-c3cc(C(=O)N(C)C)c4ccccc4n3)cn2)cc1. The number of benzene rings is 2. The fourth-order valence-electron chi connectivity index (χ4n) is 3.07. The predicted octanol–water partition coefficient (Wildman–Crippen LogP) is 3.80. The van der Waals surface area contributed by atoms with Crippen LogP contribution in [0.2, 0.25) is 0 Å². The number of fused-ring (bicyclic) bond motifs is 1. The zero-order valence-electron chi connectivity index (χ0n) is 16.0. The maximum Gasteiger partial charge on any atom is 0.254 e. The molecule has 0 radical (unpaired) electrons. The Balaban J connectivity index is 1.79. The molecule has 2 heterocycles. The van der Waals surface area contributed by atoms with E-state index >= 15 is 0 Å². The molecule has 4 rings (SSSR count). The third-order valence-corrected chi connectivity index (χ3v) is 4.57. The van der Waals surface area contributed by atoms with Gasteiger partial charge in [-0.05, 0) is 36.4 Å². The molecular formula is C22H20N4O2. The highest BCUT2D eigenvalue weighted by Gasteiger charge is 2.16. The smallest absolute Gasteiger partial charge is 0.254 e. The van der Waals surface area contributed by atoms with Crippen molar-refractivity contribution in [2.24, 2.45) is 0 Å². The minimum Gasteiger partial charge on any atom is -0.497 e. The molecule has 6 heteroatoms. The average molecular weight is 372 g/mol. The van der Waals surface area contributed by atoms with Crippen LogP contribution in [0.4, 0.5) is 0 Å². The van der Waals surface area contributed by atoms with Gasteiger partial charge in [-0.15, -0.1) is 0 Å². The lowest BCUT2D eigenvalue weighted by Crippen LogP contribution is -2.22. The summed E-state index contributed by atoms with van der Waals surface area (Å²) in [4.78, 5) is 19.0. The lowest BCUT2D eigenvalue weighted by atomic mass is 10.0. The number of nitrogens with zero attached hydrogens (tertiary/aromatic N) is 4. The fraction of sp³-hybridized carbons (Fsp3) is 0.136. The highest BCUT2D eigenvalue weighted by Crippen LogP contribution is 2.26. The number of amides is 1. The van der Waals surface area contributed by atoms with Gasteiger partial charge in [0.25, 0.3) is 5.91 Å². The molecular weight excluding hydrogens is 352 g/mol. The van der Waals surface area contributed by atoms with Crippen LogP contribution in [0.3, 0.4) is 0 Å². The van der Waals surface area contributed by atoms with E-state index in [1.807, 2.05) is 60.8 Å². The molecule has 6 nitrogen and oxygen atoms in total. The van der Waals surface area contributed by atoms with E-state index in [-0.39, 0.29) is 5.91 Å². The third-order valence-electron chi connectivity index (χ3n) is 4.57. The Bertz CT molecular complexity index is 1150. The van der Waals surface area contributed by atoms with Crippen molar-refractivity contribution in [1.82, 2.24) is 19.7 Å². The maximum atomic E-state index is 12.7. The Hall–Kier alpha value is -3.67. The van der Waals surface area contributed by atoms with Crippen molar-refractivity contribution in [2.75, 3.05) is 21.2 Å². The van der Waals surface area contributed by atoms with Crippen molar-refractivity contribution < 1.29 is 9.53 Å². The second-order valence-corrected chi connectivity index (χ2v) is 6.64. The number of carbonyl (C=O) groups is 1. The molecule has 0 saturated heterocycles. The zero-order valence-corrected chi connectivity index (χ0v) is 16.0. The van der Waals surface area contributed by atoms with Crippen molar-refractivity contribution in [3.8, 4) is 22.7 Å². The molecule has 0 unspecified atom stereocenters. The quantitative estimate of drug-likeness (QED) is 0.547. The number of carbonyl (C=O) groups excluding carboxylic acids is 1. The van der Waals surface area contributed by atoms with Gasteiger partial charge in [-0.2, -0.15) is 5.10 Å². The van der Waals surface area contributed by atoms with Gasteiger partial charge in [0.05, 0.1) is 35.8 Å². The van der Waals surface area contributed by atoms with Crippen LogP contribution in [0.1, 0.15) is 10.4 Å². The van der Waals surface area contributed by atoms with Crippen LogP contribution >= 0.6 is 0 Å². The number of ether oxygens (including phenoxy) is 1. The number of aromatic nitrogens is 3. The molecule has 0 fully saturated rings. The van der Waals surface area contributed by atoms with Crippen LogP contribution in [0.15, 0.2) is 67.0 Å². The summed E-state index contributed by atoms with van der Waals surface area (Å²) >= 11 is 0. The highest BCUT2D eigenvalue weighted by molar-refractivity contribution is 6.07. The number of para-hydroxylation sites is 1. The Kier molecular flexibility index (Phi) is 4.53. The van der Waals surface area contributed by atoms with Crippen molar-refractivity contribution in [3.05, 3.63) is 72.6 Å². The molecule has 2 aromatic carbocycles. The van der Waals surface area contributed by atoms with Gasteiger partial charge in [0.1, 0.15) is 5.75 Å². The molecule has 0 spiro atoms. The zero-order chi connectivity index (χ0) is 19.7. The van der Waals surface area contributed by atoms with E-state index in [9.17, 15) is 4.79 Å². The van der Waals surface area contributed by atoms with E-state index in [0.29, 0.717) is 11.3 Å². The molecule has 0 saturated carbocycles. The van der Waals surface area contributed by atoms with Crippen LogP contribution in [-0.4, -0.2) is 46.8 Å². The summed E-state index contributed by atoms with van der Waals surface area (Å²) in [5, 5.41) is 5.29. The van der Waals surface area contributed by atoms with Gasteiger partial charge in [-0.1, -0.05) is 18.2 Å². The normalized spacial score (nSPS) is 10.8. The summed E-state index contributed by atoms with van der Waals surface area (Å²) in [5.41, 5.74) is 3.88. The van der Waals surface area contributed by atoms with Gasteiger partial charge in [-0.3, -0.25) is 4.79 Å². The Morgan fingerprint density at radius 2 is 1.82 bits per heavy atom. The topological polar surface area (TPSA) is 60.2 Å². The monoisotopic (exact) mass is 372 g/mol. The van der Waals surface area contributed by atoms with Gasteiger partial charge in [0.2, 0.25) is 0 Å². The van der Waals surface area contributed by atoms with Crippen LogP contribution in [0, 0.1) is 0 Å². The molecule has 0 bridgehead atoms. The van der Waals surface area contributed by atoms with Gasteiger partial charge >= 0.3 is 0 Å². The number of methoxy groups -OCH3 is 1. The first-order valence-electron chi connectivity index (χ1n) is 8.88. The van der Waals surface area contributed by atoms with E-state index in [0.717, 1.165) is 27.9 Å². The van der Waals surface area contributed by atoms with Crippen molar-refractivity contribution in [2.45, 2.75) is 0 Å². The van der Waals surface area contributed by atoms with Gasteiger partial charge < -0.3 is 9.64 Å². The molecule has 0 aliphatic rings. The van der Waals surface area contributed by atoms with Crippen LogP contribution < -0.4 is 4.74 Å². The Morgan fingerprint density at radius 1 is 1.07 bits per heavy atom. The number of hydrogen-bond acceptors (Lipinski definition) is 4. The van der Waals surface area contributed by atoms with E-state index in [1.165, 1.54) is 0 Å². The molecule has 0 aliphatic heterocycles. The summed E-state index contributed by atoms with van der Waals surface area (Å²) in [6, 6.07) is 17.1. The number of pyridine rings is 1. The minimum atomic E-state index is -0.0533. The van der Waals surface area contributed by atoms with Crippen LogP contribution in [0.25, 0.3) is 27.8 Å². The van der Waals surface area contributed by atoms with Crippen LogP contribution in [-0.2, 0) is 0 Å². The fourth-order valence-corrected chi connectivity index (χ4v) is 3.07. The third kappa shape index (κ3) is 3.20. The molecule has 140 valence electrons. The molecule has 0 aliphatic carbocycles. The summed E-state index contributed by atoms with van der Waals surface area (Å²) in [7, 11) is 5.14.